The van der Waals surface area contributed by atoms with Gasteiger partial charge in [-0.05, 0) is 43.4 Å². The number of sulfone groups is 1. The highest BCUT2D eigenvalue weighted by Crippen LogP contribution is 2.33. The van der Waals surface area contributed by atoms with Crippen molar-refractivity contribution in [2.75, 3.05) is 13.2 Å². The van der Waals surface area contributed by atoms with Gasteiger partial charge >= 0.3 is 0 Å². The van der Waals surface area contributed by atoms with Gasteiger partial charge in [0, 0.05) is 13.2 Å². The van der Waals surface area contributed by atoms with E-state index in [1.54, 1.807) is 30.9 Å². The average Bonchev–Trinajstić information content (AvgIpc) is 3.32. The number of benzene rings is 1. The topological polar surface area (TPSA) is 52.6 Å². The molecule has 1 aliphatic heterocycles. The van der Waals surface area contributed by atoms with E-state index in [1.807, 2.05) is 0 Å². The maximum absolute atomic E-state index is 12.1. The molecule has 0 bridgehead atoms. The Labute approximate surface area is 120 Å². The molecule has 2 fully saturated rings. The molecule has 109 valence electrons. The quantitative estimate of drug-likeness (QED) is 0.836. The zero-order valence-electron chi connectivity index (χ0n) is 11.3. The van der Waals surface area contributed by atoms with Crippen LogP contribution in [0.15, 0.2) is 29.2 Å². The van der Waals surface area contributed by atoms with Crippen molar-refractivity contribution in [2.24, 2.45) is 0 Å². The van der Waals surface area contributed by atoms with Crippen molar-refractivity contribution >= 4 is 9.84 Å². The molecule has 20 heavy (non-hydrogen) atoms. The normalized spacial score (nSPS) is 21.0. The van der Waals surface area contributed by atoms with Gasteiger partial charge in [0.2, 0.25) is 0 Å². The molecule has 4 nitrogen and oxygen atoms in total. The molecule has 0 N–H and O–H groups in total. The van der Waals surface area contributed by atoms with Crippen LogP contribution in [-0.2, 0) is 19.3 Å². The fourth-order valence-electron chi connectivity index (χ4n) is 2.29. The van der Waals surface area contributed by atoms with Crippen LogP contribution in [0, 0.1) is 6.61 Å². The van der Waals surface area contributed by atoms with E-state index in [1.165, 1.54) is 0 Å². The van der Waals surface area contributed by atoms with Gasteiger partial charge in [-0.25, -0.2) is 8.42 Å². The fourth-order valence-corrected chi connectivity index (χ4v) is 3.95. The van der Waals surface area contributed by atoms with Crippen LogP contribution in [-0.4, -0.2) is 33.0 Å². The SMILES string of the molecule is O=S(=O)(c1ccc([CH]OC2CCOCC2)cc1)C1CC1. The third-order valence-corrected chi connectivity index (χ3v) is 6.02. The summed E-state index contributed by atoms with van der Waals surface area (Å²) < 4.78 is 35.1. The molecular formula is C15H19O4S. The lowest BCUT2D eigenvalue weighted by Crippen LogP contribution is -2.22. The van der Waals surface area contributed by atoms with E-state index in [0.29, 0.717) is 4.90 Å². The Morgan fingerprint density at radius 2 is 1.70 bits per heavy atom. The van der Waals surface area contributed by atoms with Crippen molar-refractivity contribution in [1.82, 2.24) is 0 Å². The Hall–Kier alpha value is -0.910. The Morgan fingerprint density at radius 3 is 2.30 bits per heavy atom. The van der Waals surface area contributed by atoms with Crippen LogP contribution in [0.3, 0.4) is 0 Å². The number of hydrogen-bond acceptors (Lipinski definition) is 4. The standard InChI is InChI=1S/C15H19O4S/c16-20(17,15-5-6-15)14-3-1-12(2-4-14)11-19-13-7-9-18-10-8-13/h1-4,11,13,15H,5-10H2. The first-order chi connectivity index (χ1) is 9.66. The van der Waals surface area contributed by atoms with Gasteiger partial charge in [0.05, 0.1) is 16.2 Å². The average molecular weight is 295 g/mol. The summed E-state index contributed by atoms with van der Waals surface area (Å²) in [5.41, 5.74) is 0.895. The minimum absolute atomic E-state index is 0.157. The number of hydrogen-bond donors (Lipinski definition) is 0. The number of rotatable bonds is 5. The van der Waals surface area contributed by atoms with Crippen LogP contribution in [0.5, 0.6) is 0 Å². The molecule has 1 saturated carbocycles. The largest absolute Gasteiger partial charge is 0.381 e. The molecule has 1 aromatic rings. The summed E-state index contributed by atoms with van der Waals surface area (Å²) in [7, 11) is -3.09. The van der Waals surface area contributed by atoms with E-state index < -0.39 is 9.84 Å². The summed E-state index contributed by atoms with van der Waals surface area (Å²) in [6.45, 7) is 3.21. The lowest BCUT2D eigenvalue weighted by atomic mass is 10.1. The van der Waals surface area contributed by atoms with Gasteiger partial charge in [-0.15, -0.1) is 0 Å². The lowest BCUT2D eigenvalue weighted by molar-refractivity contribution is -0.00458. The summed E-state index contributed by atoms with van der Waals surface area (Å²) in [6.07, 6.45) is 3.61. The summed E-state index contributed by atoms with van der Waals surface area (Å²) in [4.78, 5) is 0.420. The Morgan fingerprint density at radius 1 is 1.05 bits per heavy atom. The zero-order chi connectivity index (χ0) is 14.0. The fraction of sp³-hybridized carbons (Fsp3) is 0.533. The smallest absolute Gasteiger partial charge is 0.181 e. The minimum Gasteiger partial charge on any atom is -0.381 e. The van der Waals surface area contributed by atoms with Gasteiger partial charge in [0.15, 0.2) is 9.84 Å². The summed E-state index contributed by atoms with van der Waals surface area (Å²) in [5, 5.41) is -0.157. The molecule has 5 heteroatoms. The van der Waals surface area contributed by atoms with Gasteiger partial charge < -0.3 is 9.47 Å². The second kappa shape index (κ2) is 5.84. The second-order valence-electron chi connectivity index (χ2n) is 5.38. The van der Waals surface area contributed by atoms with E-state index in [9.17, 15) is 8.42 Å². The summed E-state index contributed by atoms with van der Waals surface area (Å²) in [5.74, 6) is 0. The highest BCUT2D eigenvalue weighted by atomic mass is 32.2. The Kier molecular flexibility index (Phi) is 4.10. The van der Waals surface area contributed by atoms with Gasteiger partial charge in [0.1, 0.15) is 6.61 Å². The third kappa shape index (κ3) is 3.22. The predicted octanol–water partition coefficient (Wildman–Crippen LogP) is 2.33. The van der Waals surface area contributed by atoms with Crippen LogP contribution in [0.25, 0.3) is 0 Å². The first kappa shape index (κ1) is 14.0. The molecule has 0 atom stereocenters. The van der Waals surface area contributed by atoms with Crippen molar-refractivity contribution in [3.63, 3.8) is 0 Å². The van der Waals surface area contributed by atoms with Crippen molar-refractivity contribution in [2.45, 2.75) is 41.9 Å². The maximum Gasteiger partial charge on any atom is 0.181 e. The van der Waals surface area contributed by atoms with E-state index in [-0.39, 0.29) is 11.4 Å². The monoisotopic (exact) mass is 295 g/mol. The van der Waals surface area contributed by atoms with Crippen molar-refractivity contribution in [1.29, 1.82) is 0 Å². The summed E-state index contributed by atoms with van der Waals surface area (Å²) in [6, 6.07) is 6.95. The lowest BCUT2D eigenvalue weighted by Gasteiger charge is -2.22. The number of ether oxygens (including phenoxy) is 2. The van der Waals surface area contributed by atoms with E-state index in [0.717, 1.165) is 44.5 Å². The Bertz CT molecular complexity index is 540. The minimum atomic E-state index is -3.09. The van der Waals surface area contributed by atoms with E-state index in [4.69, 9.17) is 9.47 Å². The second-order valence-corrected chi connectivity index (χ2v) is 7.61. The molecule has 1 saturated heterocycles. The van der Waals surface area contributed by atoms with E-state index in [2.05, 4.69) is 0 Å². The molecule has 3 rings (SSSR count). The first-order valence-electron chi connectivity index (χ1n) is 7.06. The highest BCUT2D eigenvalue weighted by molar-refractivity contribution is 7.92. The third-order valence-electron chi connectivity index (χ3n) is 3.74. The van der Waals surface area contributed by atoms with Crippen molar-refractivity contribution < 1.29 is 17.9 Å². The molecule has 1 radical (unpaired) electrons. The van der Waals surface area contributed by atoms with Gasteiger partial charge in [-0.1, -0.05) is 12.1 Å². The molecule has 0 unspecified atom stereocenters. The van der Waals surface area contributed by atoms with Crippen LogP contribution in [0.2, 0.25) is 0 Å². The highest BCUT2D eigenvalue weighted by Gasteiger charge is 2.36. The van der Waals surface area contributed by atoms with Crippen molar-refractivity contribution in [3.05, 3.63) is 36.4 Å². The molecule has 0 aromatic heterocycles. The zero-order valence-corrected chi connectivity index (χ0v) is 12.1. The van der Waals surface area contributed by atoms with Crippen LogP contribution in [0.4, 0.5) is 0 Å². The molecule has 2 aliphatic rings. The predicted molar refractivity (Wildman–Crippen MR) is 75.0 cm³/mol. The van der Waals surface area contributed by atoms with Gasteiger partial charge in [-0.2, -0.15) is 0 Å². The molecule has 0 spiro atoms. The molecular weight excluding hydrogens is 276 g/mol. The maximum atomic E-state index is 12.1. The molecule has 1 aliphatic carbocycles. The first-order valence-corrected chi connectivity index (χ1v) is 8.61. The molecule has 1 aromatic carbocycles. The molecule has 1 heterocycles. The van der Waals surface area contributed by atoms with Gasteiger partial charge in [-0.3, -0.25) is 0 Å². The van der Waals surface area contributed by atoms with Gasteiger partial charge in [0.25, 0.3) is 0 Å². The van der Waals surface area contributed by atoms with Crippen LogP contribution >= 0.6 is 0 Å². The van der Waals surface area contributed by atoms with Crippen LogP contribution < -0.4 is 0 Å². The van der Waals surface area contributed by atoms with Crippen molar-refractivity contribution in [3.8, 4) is 0 Å². The van der Waals surface area contributed by atoms with Crippen LogP contribution in [0.1, 0.15) is 31.2 Å². The molecule has 0 amide bonds. The Balaban J connectivity index is 1.58. The summed E-state index contributed by atoms with van der Waals surface area (Å²) >= 11 is 0. The van der Waals surface area contributed by atoms with E-state index >= 15 is 0 Å².